The van der Waals surface area contributed by atoms with Crippen LogP contribution < -0.4 is 5.32 Å². The number of carbonyl (C=O) groups is 1. The highest BCUT2D eigenvalue weighted by molar-refractivity contribution is 7.90. The van der Waals surface area contributed by atoms with Crippen molar-refractivity contribution in [2.75, 3.05) is 11.6 Å². The maximum absolute atomic E-state index is 12.0. The fraction of sp³-hybridized carbons (Fsp3) is 0.188. The summed E-state index contributed by atoms with van der Waals surface area (Å²) in [6, 6.07) is 9.39. The lowest BCUT2D eigenvalue weighted by Crippen LogP contribution is -2.12. The van der Waals surface area contributed by atoms with E-state index in [1.165, 1.54) is 30.5 Å². The van der Waals surface area contributed by atoms with Gasteiger partial charge in [-0.25, -0.2) is 8.42 Å². The quantitative estimate of drug-likeness (QED) is 0.716. The lowest BCUT2D eigenvalue weighted by molar-refractivity contribution is -0.116. The number of benzene rings is 1. The highest BCUT2D eigenvalue weighted by Crippen LogP contribution is 2.17. The molecule has 0 saturated heterocycles. The molecule has 3 rings (SSSR count). The number of sulfone groups is 1. The van der Waals surface area contributed by atoms with Crippen LogP contribution in [-0.4, -0.2) is 30.7 Å². The number of hydrogen-bond acceptors (Lipinski definition) is 7. The van der Waals surface area contributed by atoms with Crippen molar-refractivity contribution in [2.45, 2.75) is 17.7 Å². The molecule has 0 saturated carbocycles. The first kappa shape index (κ1) is 16.9. The zero-order chi connectivity index (χ0) is 17.9. The Bertz CT molecular complexity index is 960. The summed E-state index contributed by atoms with van der Waals surface area (Å²) in [4.78, 5) is 16.3. The maximum Gasteiger partial charge on any atom is 0.238 e. The van der Waals surface area contributed by atoms with Crippen LogP contribution in [0.2, 0.25) is 0 Å². The van der Waals surface area contributed by atoms with Crippen LogP contribution in [0, 0.1) is 0 Å². The third-order valence-corrected chi connectivity index (χ3v) is 4.47. The Hall–Kier alpha value is -2.94. The molecule has 0 aliphatic rings. The summed E-state index contributed by atoms with van der Waals surface area (Å²) in [5.74, 6) is 0.904. The number of anilines is 1. The van der Waals surface area contributed by atoms with E-state index < -0.39 is 9.84 Å². The molecule has 0 fully saturated rings. The van der Waals surface area contributed by atoms with Gasteiger partial charge in [-0.2, -0.15) is 4.98 Å². The molecule has 0 spiro atoms. The lowest BCUT2D eigenvalue weighted by atomic mass is 10.2. The molecule has 0 unspecified atom stereocenters. The molecule has 130 valence electrons. The number of nitrogens with zero attached hydrogens (tertiary/aromatic N) is 2. The summed E-state index contributed by atoms with van der Waals surface area (Å²) in [5.41, 5.74) is 0.513. The topological polar surface area (TPSA) is 115 Å². The van der Waals surface area contributed by atoms with E-state index in [1.807, 2.05) is 0 Å². The molecule has 3 aromatic rings. The number of aromatic nitrogens is 2. The second kappa shape index (κ2) is 6.89. The standard InChI is InChI=1S/C16H15N3O5S/c1-25(21,22)12-6-4-11(5-7-12)17-14(20)8-9-15-18-16(19-24-15)13-3-2-10-23-13/h2-7,10H,8-9H2,1H3,(H,17,20). The number of carbonyl (C=O) groups excluding carboxylic acids is 1. The number of aryl methyl sites for hydroxylation is 1. The summed E-state index contributed by atoms with van der Waals surface area (Å²) in [7, 11) is -3.26. The van der Waals surface area contributed by atoms with Gasteiger partial charge in [-0.3, -0.25) is 4.79 Å². The summed E-state index contributed by atoms with van der Waals surface area (Å²) in [6.45, 7) is 0. The van der Waals surface area contributed by atoms with Gasteiger partial charge in [-0.1, -0.05) is 5.16 Å². The molecular formula is C16H15N3O5S. The van der Waals surface area contributed by atoms with Crippen molar-refractivity contribution in [1.29, 1.82) is 0 Å². The number of amides is 1. The largest absolute Gasteiger partial charge is 0.461 e. The molecule has 2 heterocycles. The van der Waals surface area contributed by atoms with E-state index in [2.05, 4.69) is 15.5 Å². The SMILES string of the molecule is CS(=O)(=O)c1ccc(NC(=O)CCc2nc(-c3ccco3)no2)cc1. The molecule has 0 radical (unpaired) electrons. The fourth-order valence-corrected chi connectivity index (χ4v) is 2.72. The third-order valence-electron chi connectivity index (χ3n) is 3.34. The monoisotopic (exact) mass is 361 g/mol. The smallest absolute Gasteiger partial charge is 0.238 e. The zero-order valence-corrected chi connectivity index (χ0v) is 14.1. The summed E-state index contributed by atoms with van der Waals surface area (Å²) < 4.78 is 33.0. The summed E-state index contributed by atoms with van der Waals surface area (Å²) >= 11 is 0. The predicted molar refractivity (Wildman–Crippen MR) is 88.5 cm³/mol. The Morgan fingerprint density at radius 1 is 1.20 bits per heavy atom. The van der Waals surface area contributed by atoms with Crippen LogP contribution in [0.1, 0.15) is 12.3 Å². The average Bonchev–Trinajstić information content (AvgIpc) is 3.24. The van der Waals surface area contributed by atoms with Crippen molar-refractivity contribution in [2.24, 2.45) is 0 Å². The maximum atomic E-state index is 12.0. The van der Waals surface area contributed by atoms with Gasteiger partial charge in [-0.05, 0) is 36.4 Å². The van der Waals surface area contributed by atoms with Crippen molar-refractivity contribution in [3.05, 3.63) is 48.6 Å². The van der Waals surface area contributed by atoms with Gasteiger partial charge in [0.25, 0.3) is 0 Å². The molecule has 1 aromatic carbocycles. The molecule has 8 nitrogen and oxygen atoms in total. The summed E-state index contributed by atoms with van der Waals surface area (Å²) in [5, 5.41) is 6.47. The number of furan rings is 1. The Morgan fingerprint density at radius 2 is 1.96 bits per heavy atom. The predicted octanol–water partition coefficient (Wildman–Crippen LogP) is 2.30. The molecule has 1 N–H and O–H groups in total. The van der Waals surface area contributed by atoms with Crippen LogP contribution in [0.5, 0.6) is 0 Å². The van der Waals surface area contributed by atoms with Crippen molar-refractivity contribution in [3.8, 4) is 11.6 Å². The van der Waals surface area contributed by atoms with Gasteiger partial charge >= 0.3 is 0 Å². The van der Waals surface area contributed by atoms with Gasteiger partial charge in [0.2, 0.25) is 17.6 Å². The number of hydrogen-bond donors (Lipinski definition) is 1. The Morgan fingerprint density at radius 3 is 2.60 bits per heavy atom. The van der Waals surface area contributed by atoms with Crippen LogP contribution >= 0.6 is 0 Å². The van der Waals surface area contributed by atoms with E-state index in [9.17, 15) is 13.2 Å². The molecule has 0 aliphatic carbocycles. The van der Waals surface area contributed by atoms with Gasteiger partial charge in [0.05, 0.1) is 11.2 Å². The average molecular weight is 361 g/mol. The van der Waals surface area contributed by atoms with Crippen LogP contribution in [0.3, 0.4) is 0 Å². The number of nitrogens with one attached hydrogen (secondary N) is 1. The van der Waals surface area contributed by atoms with Crippen molar-refractivity contribution in [3.63, 3.8) is 0 Å². The molecule has 0 bridgehead atoms. The molecule has 1 amide bonds. The van der Waals surface area contributed by atoms with E-state index in [-0.39, 0.29) is 23.6 Å². The van der Waals surface area contributed by atoms with Gasteiger partial charge < -0.3 is 14.3 Å². The van der Waals surface area contributed by atoms with Crippen LogP contribution in [0.25, 0.3) is 11.6 Å². The van der Waals surface area contributed by atoms with Crippen molar-refractivity contribution in [1.82, 2.24) is 10.1 Å². The molecule has 25 heavy (non-hydrogen) atoms. The highest BCUT2D eigenvalue weighted by Gasteiger charge is 2.13. The van der Waals surface area contributed by atoms with Gasteiger partial charge in [-0.15, -0.1) is 0 Å². The van der Waals surface area contributed by atoms with E-state index in [0.717, 1.165) is 6.26 Å². The first-order valence-electron chi connectivity index (χ1n) is 7.38. The highest BCUT2D eigenvalue weighted by atomic mass is 32.2. The minimum atomic E-state index is -3.26. The van der Waals surface area contributed by atoms with Gasteiger partial charge in [0.15, 0.2) is 15.6 Å². The number of rotatable bonds is 6. The van der Waals surface area contributed by atoms with E-state index in [0.29, 0.717) is 23.2 Å². The molecule has 2 aromatic heterocycles. The van der Waals surface area contributed by atoms with Gasteiger partial charge in [0.1, 0.15) is 0 Å². The Balaban J connectivity index is 1.55. The zero-order valence-electron chi connectivity index (χ0n) is 13.3. The molecule has 0 aliphatic heterocycles. The van der Waals surface area contributed by atoms with E-state index in [4.69, 9.17) is 8.94 Å². The normalized spacial score (nSPS) is 11.4. The van der Waals surface area contributed by atoms with Crippen LogP contribution in [0.4, 0.5) is 5.69 Å². The van der Waals surface area contributed by atoms with E-state index >= 15 is 0 Å². The van der Waals surface area contributed by atoms with Crippen molar-refractivity contribution < 1.29 is 22.2 Å². The van der Waals surface area contributed by atoms with Crippen LogP contribution in [0.15, 0.2) is 56.5 Å². The molecule has 0 atom stereocenters. The first-order chi connectivity index (χ1) is 11.9. The Kier molecular flexibility index (Phi) is 4.66. The van der Waals surface area contributed by atoms with Crippen molar-refractivity contribution >= 4 is 21.4 Å². The fourth-order valence-electron chi connectivity index (χ4n) is 2.09. The molecular weight excluding hydrogens is 346 g/mol. The van der Waals surface area contributed by atoms with Crippen LogP contribution in [-0.2, 0) is 21.1 Å². The first-order valence-corrected chi connectivity index (χ1v) is 9.27. The molecule has 9 heteroatoms. The lowest BCUT2D eigenvalue weighted by Gasteiger charge is -2.05. The Labute approximate surface area is 143 Å². The second-order valence-electron chi connectivity index (χ2n) is 5.33. The third kappa shape index (κ3) is 4.32. The second-order valence-corrected chi connectivity index (χ2v) is 7.35. The minimum absolute atomic E-state index is 0.146. The van der Waals surface area contributed by atoms with Gasteiger partial charge in [0, 0.05) is 24.8 Å². The minimum Gasteiger partial charge on any atom is -0.461 e. The van der Waals surface area contributed by atoms with E-state index in [1.54, 1.807) is 12.1 Å². The summed E-state index contributed by atoms with van der Waals surface area (Å²) in [6.07, 6.45) is 3.06.